The van der Waals surface area contributed by atoms with Crippen LogP contribution in [-0.4, -0.2) is 25.7 Å². The van der Waals surface area contributed by atoms with Gasteiger partial charge in [-0.25, -0.2) is 0 Å². The van der Waals surface area contributed by atoms with Crippen LogP contribution >= 0.6 is 11.6 Å². The second kappa shape index (κ2) is 5.96. The number of carbonyl (C=O) groups excluding carboxylic acids is 1. The Bertz CT molecular complexity index is 432. The van der Waals surface area contributed by atoms with Crippen molar-refractivity contribution in [3.63, 3.8) is 0 Å². The molecule has 5 heteroatoms. The van der Waals surface area contributed by atoms with Gasteiger partial charge in [0, 0.05) is 0 Å². The number of hydrogen-bond acceptors (Lipinski definition) is 4. The maximum Gasteiger partial charge on any atom is 0.293 e. The molecule has 0 unspecified atom stereocenters. The van der Waals surface area contributed by atoms with Crippen LogP contribution in [-0.2, 0) is 9.53 Å². The Hall–Kier alpha value is -1.42. The number of nitrogens with one attached hydrogen (secondary N) is 1. The molecule has 0 aromatic heterocycles. The number of anilines is 1. The maximum atomic E-state index is 10.4. The number of aryl methyl sites for hydroxylation is 1. The summed E-state index contributed by atoms with van der Waals surface area (Å²) in [4.78, 5) is 10.4. The van der Waals surface area contributed by atoms with Crippen molar-refractivity contribution in [3.05, 3.63) is 22.7 Å². The van der Waals surface area contributed by atoms with Crippen LogP contribution in [0.15, 0.2) is 12.1 Å². The lowest BCUT2D eigenvalue weighted by atomic mass is 10.1. The van der Waals surface area contributed by atoms with Crippen molar-refractivity contribution in [1.29, 1.82) is 0 Å². The molecule has 1 N–H and O–H groups in total. The number of ether oxygens (including phenoxy) is 2. The fourth-order valence-corrected chi connectivity index (χ4v) is 1.86. The molecule has 1 rings (SSSR count). The highest BCUT2D eigenvalue weighted by atomic mass is 35.5. The predicted molar refractivity (Wildman–Crippen MR) is 72.5 cm³/mol. The van der Waals surface area contributed by atoms with Crippen molar-refractivity contribution < 1.29 is 14.3 Å². The van der Waals surface area contributed by atoms with E-state index in [1.165, 1.54) is 0 Å². The average Bonchev–Trinajstić information content (AvgIpc) is 2.28. The van der Waals surface area contributed by atoms with Crippen molar-refractivity contribution in [1.82, 2.24) is 0 Å². The zero-order valence-corrected chi connectivity index (χ0v) is 11.8. The van der Waals surface area contributed by atoms with E-state index >= 15 is 0 Å². The lowest BCUT2D eigenvalue weighted by Crippen LogP contribution is -2.33. The summed E-state index contributed by atoms with van der Waals surface area (Å²) >= 11 is 6.22. The molecular weight excluding hydrogens is 254 g/mol. The van der Waals surface area contributed by atoms with Crippen LogP contribution in [0.3, 0.4) is 0 Å². The Morgan fingerprint density at radius 2 is 2.11 bits per heavy atom. The predicted octanol–water partition coefficient (Wildman–Crippen LogP) is 3.02. The standard InChI is InChI=1S/C13H18ClNO3/c1-9-5-6-10(17-4)11(14)12(9)15-7-13(2,3)18-8-16/h5-6,8,15H,7H2,1-4H3. The van der Waals surface area contributed by atoms with E-state index in [4.69, 9.17) is 21.1 Å². The van der Waals surface area contributed by atoms with Gasteiger partial charge in [0.1, 0.15) is 16.4 Å². The van der Waals surface area contributed by atoms with E-state index in [9.17, 15) is 4.79 Å². The van der Waals surface area contributed by atoms with Gasteiger partial charge in [-0.2, -0.15) is 0 Å². The monoisotopic (exact) mass is 271 g/mol. The third kappa shape index (κ3) is 3.53. The van der Waals surface area contributed by atoms with Gasteiger partial charge in [-0.15, -0.1) is 0 Å². The van der Waals surface area contributed by atoms with Crippen molar-refractivity contribution >= 4 is 23.8 Å². The van der Waals surface area contributed by atoms with Crippen LogP contribution in [0.1, 0.15) is 19.4 Å². The third-order valence-corrected chi connectivity index (χ3v) is 2.97. The summed E-state index contributed by atoms with van der Waals surface area (Å²) in [6.07, 6.45) is 0. The van der Waals surface area contributed by atoms with Gasteiger partial charge < -0.3 is 14.8 Å². The molecule has 100 valence electrons. The van der Waals surface area contributed by atoms with Crippen LogP contribution in [0.25, 0.3) is 0 Å². The van der Waals surface area contributed by atoms with Crippen LogP contribution in [0, 0.1) is 6.92 Å². The van der Waals surface area contributed by atoms with E-state index < -0.39 is 5.60 Å². The van der Waals surface area contributed by atoms with E-state index in [1.807, 2.05) is 32.9 Å². The Morgan fingerprint density at radius 3 is 2.67 bits per heavy atom. The molecule has 18 heavy (non-hydrogen) atoms. The lowest BCUT2D eigenvalue weighted by Gasteiger charge is -2.24. The molecule has 0 radical (unpaired) electrons. The van der Waals surface area contributed by atoms with Gasteiger partial charge in [-0.05, 0) is 32.4 Å². The van der Waals surface area contributed by atoms with Gasteiger partial charge in [0.15, 0.2) is 0 Å². The summed E-state index contributed by atoms with van der Waals surface area (Å²) in [5, 5.41) is 3.71. The summed E-state index contributed by atoms with van der Waals surface area (Å²) < 4.78 is 10.1. The Labute approximate surface area is 112 Å². The number of benzene rings is 1. The summed E-state index contributed by atoms with van der Waals surface area (Å²) in [5.74, 6) is 0.610. The third-order valence-electron chi connectivity index (χ3n) is 2.59. The van der Waals surface area contributed by atoms with Gasteiger partial charge in [0.2, 0.25) is 0 Å². The first-order chi connectivity index (χ1) is 8.41. The van der Waals surface area contributed by atoms with Gasteiger partial charge in [-0.3, -0.25) is 4.79 Å². The molecule has 0 saturated carbocycles. The molecule has 0 aliphatic carbocycles. The minimum atomic E-state index is -0.597. The first-order valence-electron chi connectivity index (χ1n) is 5.59. The van der Waals surface area contributed by atoms with Gasteiger partial charge in [0.05, 0.1) is 19.3 Å². The molecule has 0 aliphatic rings. The highest BCUT2D eigenvalue weighted by Gasteiger charge is 2.20. The largest absolute Gasteiger partial charge is 0.495 e. The minimum Gasteiger partial charge on any atom is -0.495 e. The highest BCUT2D eigenvalue weighted by Crippen LogP contribution is 2.34. The average molecular weight is 272 g/mol. The second-order valence-electron chi connectivity index (χ2n) is 4.60. The van der Waals surface area contributed by atoms with Gasteiger partial charge in [-0.1, -0.05) is 17.7 Å². The van der Waals surface area contributed by atoms with Crippen molar-refractivity contribution in [2.45, 2.75) is 26.4 Å². The molecule has 1 aromatic carbocycles. The first-order valence-corrected chi connectivity index (χ1v) is 5.97. The number of rotatable bonds is 6. The number of halogens is 1. The molecule has 1 aromatic rings. The van der Waals surface area contributed by atoms with Crippen LogP contribution in [0.4, 0.5) is 5.69 Å². The molecular formula is C13H18ClNO3. The summed E-state index contributed by atoms with van der Waals surface area (Å²) in [6, 6.07) is 3.73. The number of carbonyl (C=O) groups is 1. The molecule has 0 fully saturated rings. The van der Waals surface area contributed by atoms with E-state index in [0.29, 0.717) is 23.8 Å². The molecule has 0 aliphatic heterocycles. The number of hydrogen-bond donors (Lipinski definition) is 1. The number of methoxy groups -OCH3 is 1. The summed E-state index contributed by atoms with van der Waals surface area (Å²) in [5.41, 5.74) is 1.20. The van der Waals surface area contributed by atoms with Gasteiger partial charge >= 0.3 is 0 Å². The smallest absolute Gasteiger partial charge is 0.293 e. The molecule has 0 saturated heterocycles. The van der Waals surface area contributed by atoms with Crippen molar-refractivity contribution in [2.24, 2.45) is 0 Å². The minimum absolute atomic E-state index is 0.446. The van der Waals surface area contributed by atoms with E-state index in [2.05, 4.69) is 5.32 Å². The molecule has 0 bridgehead atoms. The van der Waals surface area contributed by atoms with Gasteiger partial charge in [0.25, 0.3) is 6.47 Å². The zero-order valence-electron chi connectivity index (χ0n) is 11.0. The Morgan fingerprint density at radius 1 is 1.44 bits per heavy atom. The summed E-state index contributed by atoms with van der Waals surface area (Å²) in [6.45, 7) is 6.48. The lowest BCUT2D eigenvalue weighted by molar-refractivity contribution is -0.139. The summed E-state index contributed by atoms with van der Waals surface area (Å²) in [7, 11) is 1.57. The fourth-order valence-electron chi connectivity index (χ4n) is 1.50. The van der Waals surface area contributed by atoms with Crippen LogP contribution in [0.5, 0.6) is 5.75 Å². The van der Waals surface area contributed by atoms with Crippen molar-refractivity contribution in [2.75, 3.05) is 19.0 Å². The Kier molecular flexibility index (Phi) is 4.84. The SMILES string of the molecule is COc1ccc(C)c(NCC(C)(C)OC=O)c1Cl. The van der Waals surface area contributed by atoms with Crippen molar-refractivity contribution in [3.8, 4) is 5.75 Å². The molecule has 4 nitrogen and oxygen atoms in total. The molecule has 0 heterocycles. The van der Waals surface area contributed by atoms with E-state index in [-0.39, 0.29) is 0 Å². The molecule has 0 amide bonds. The van der Waals surface area contributed by atoms with E-state index in [1.54, 1.807) is 7.11 Å². The molecule has 0 atom stereocenters. The topological polar surface area (TPSA) is 47.6 Å². The fraction of sp³-hybridized carbons (Fsp3) is 0.462. The second-order valence-corrected chi connectivity index (χ2v) is 4.98. The first kappa shape index (κ1) is 14.6. The van der Waals surface area contributed by atoms with Crippen LogP contribution in [0.2, 0.25) is 5.02 Å². The normalized spacial score (nSPS) is 10.9. The maximum absolute atomic E-state index is 10.4. The highest BCUT2D eigenvalue weighted by molar-refractivity contribution is 6.34. The quantitative estimate of drug-likeness (QED) is 0.808. The van der Waals surface area contributed by atoms with E-state index in [0.717, 1.165) is 11.3 Å². The zero-order chi connectivity index (χ0) is 13.8. The Balaban J connectivity index is 2.87. The van der Waals surface area contributed by atoms with Crippen LogP contribution < -0.4 is 10.1 Å². The molecule has 0 spiro atoms.